The molecule has 4 rings (SSSR count). The number of nitrogens with zero attached hydrogens (tertiary/aromatic N) is 1. The molecule has 1 atom stereocenters. The molecule has 0 spiro atoms. The predicted octanol–water partition coefficient (Wildman–Crippen LogP) is 4.18. The number of benzene rings is 3. The number of carbonyl (C=O) groups excluding carboxylic acids is 1. The number of para-hydroxylation sites is 3. The van der Waals surface area contributed by atoms with Crippen LogP contribution in [0.4, 0.5) is 0 Å². The van der Waals surface area contributed by atoms with Gasteiger partial charge in [-0.05, 0) is 30.3 Å². The van der Waals surface area contributed by atoms with E-state index in [1.54, 1.807) is 11.9 Å². The van der Waals surface area contributed by atoms with Gasteiger partial charge in [-0.2, -0.15) is 0 Å². The van der Waals surface area contributed by atoms with Crippen LogP contribution in [0.25, 0.3) is 0 Å². The second-order valence-electron chi connectivity index (χ2n) is 6.94. The average molecular weight is 389 g/mol. The van der Waals surface area contributed by atoms with E-state index in [1.165, 1.54) is 0 Å². The normalized spacial score (nSPS) is 14.9. The molecule has 0 fully saturated rings. The summed E-state index contributed by atoms with van der Waals surface area (Å²) in [5, 5.41) is 0. The Labute approximate surface area is 170 Å². The molecule has 148 valence electrons. The monoisotopic (exact) mass is 389 g/mol. The zero-order valence-electron chi connectivity index (χ0n) is 16.3. The minimum Gasteiger partial charge on any atom is -0.489 e. The largest absolute Gasteiger partial charge is 0.489 e. The topological polar surface area (TPSA) is 48.0 Å². The van der Waals surface area contributed by atoms with Crippen molar-refractivity contribution >= 4 is 5.91 Å². The third-order valence-electron chi connectivity index (χ3n) is 4.78. The van der Waals surface area contributed by atoms with Crippen molar-refractivity contribution < 1.29 is 19.0 Å². The van der Waals surface area contributed by atoms with Crippen LogP contribution in [0.5, 0.6) is 17.2 Å². The summed E-state index contributed by atoms with van der Waals surface area (Å²) in [6.45, 7) is 1.17. The average Bonchev–Trinajstić information content (AvgIpc) is 2.78. The fourth-order valence-electron chi connectivity index (χ4n) is 3.28. The molecule has 1 aliphatic heterocycles. The van der Waals surface area contributed by atoms with E-state index in [1.807, 2.05) is 78.9 Å². The van der Waals surface area contributed by atoms with Gasteiger partial charge < -0.3 is 19.1 Å². The summed E-state index contributed by atoms with van der Waals surface area (Å²) < 4.78 is 17.6. The number of likely N-dealkylation sites (N-methyl/N-ethyl adjacent to an activating group) is 1. The lowest BCUT2D eigenvalue weighted by Gasteiger charge is -2.30. The Hall–Kier alpha value is -3.47. The lowest BCUT2D eigenvalue weighted by atomic mass is 10.1. The van der Waals surface area contributed by atoms with Gasteiger partial charge in [-0.15, -0.1) is 0 Å². The zero-order chi connectivity index (χ0) is 20.1. The smallest absolute Gasteiger partial charge is 0.254 e. The molecular formula is C24H23NO4. The molecule has 0 aromatic heterocycles. The van der Waals surface area contributed by atoms with Crippen molar-refractivity contribution in [2.45, 2.75) is 12.7 Å². The summed E-state index contributed by atoms with van der Waals surface area (Å²) in [4.78, 5) is 14.7. The molecule has 0 N–H and O–H groups in total. The minimum atomic E-state index is -0.216. The number of hydrogen-bond acceptors (Lipinski definition) is 4. The molecule has 5 heteroatoms. The van der Waals surface area contributed by atoms with Gasteiger partial charge in [-0.3, -0.25) is 4.79 Å². The highest BCUT2D eigenvalue weighted by Gasteiger charge is 2.25. The Balaban J connectivity index is 1.41. The maximum Gasteiger partial charge on any atom is 0.254 e. The molecule has 0 bridgehead atoms. The Bertz CT molecular complexity index is 973. The second-order valence-corrected chi connectivity index (χ2v) is 6.94. The zero-order valence-corrected chi connectivity index (χ0v) is 16.3. The van der Waals surface area contributed by atoms with Gasteiger partial charge in [0.1, 0.15) is 19.0 Å². The number of hydrogen-bond donors (Lipinski definition) is 0. The first-order valence-corrected chi connectivity index (χ1v) is 9.60. The van der Waals surface area contributed by atoms with Crippen LogP contribution in [0.1, 0.15) is 15.9 Å². The molecule has 0 aliphatic carbocycles. The van der Waals surface area contributed by atoms with Crippen LogP contribution in [0.3, 0.4) is 0 Å². The van der Waals surface area contributed by atoms with Crippen molar-refractivity contribution in [1.29, 1.82) is 0 Å². The molecule has 5 nitrogen and oxygen atoms in total. The molecule has 0 saturated carbocycles. The molecule has 0 saturated heterocycles. The molecule has 29 heavy (non-hydrogen) atoms. The van der Waals surface area contributed by atoms with Crippen molar-refractivity contribution in [3.05, 3.63) is 90.0 Å². The minimum absolute atomic E-state index is 0.0697. The summed E-state index contributed by atoms with van der Waals surface area (Å²) in [6.07, 6.45) is -0.216. The quantitative estimate of drug-likeness (QED) is 0.635. The van der Waals surface area contributed by atoms with Gasteiger partial charge >= 0.3 is 0 Å². The van der Waals surface area contributed by atoms with Crippen molar-refractivity contribution in [2.75, 3.05) is 20.2 Å². The summed E-state index contributed by atoms with van der Waals surface area (Å²) in [7, 11) is 1.78. The summed E-state index contributed by atoms with van der Waals surface area (Å²) in [5.41, 5.74) is 1.47. The molecule has 1 aliphatic rings. The number of ether oxygens (including phenoxy) is 3. The van der Waals surface area contributed by atoms with Gasteiger partial charge in [-0.25, -0.2) is 0 Å². The first-order valence-electron chi connectivity index (χ1n) is 9.60. The molecule has 0 radical (unpaired) electrons. The number of carbonyl (C=O) groups is 1. The van der Waals surface area contributed by atoms with E-state index in [-0.39, 0.29) is 12.0 Å². The first kappa shape index (κ1) is 18.9. The molecule has 1 amide bonds. The fraction of sp³-hybridized carbons (Fsp3) is 0.208. The summed E-state index contributed by atoms with van der Waals surface area (Å²) in [5.74, 6) is 2.15. The Morgan fingerprint density at radius 1 is 0.966 bits per heavy atom. The van der Waals surface area contributed by atoms with E-state index in [0.717, 1.165) is 17.1 Å². The molecule has 3 aromatic rings. The van der Waals surface area contributed by atoms with Crippen molar-refractivity contribution in [3.8, 4) is 17.2 Å². The van der Waals surface area contributed by atoms with E-state index < -0.39 is 0 Å². The van der Waals surface area contributed by atoms with E-state index in [0.29, 0.717) is 31.1 Å². The van der Waals surface area contributed by atoms with Crippen molar-refractivity contribution in [1.82, 2.24) is 4.90 Å². The Morgan fingerprint density at radius 3 is 2.48 bits per heavy atom. The van der Waals surface area contributed by atoms with Crippen molar-refractivity contribution in [3.63, 3.8) is 0 Å². The maximum atomic E-state index is 13.1. The molecule has 3 aromatic carbocycles. The Morgan fingerprint density at radius 2 is 1.66 bits per heavy atom. The van der Waals surface area contributed by atoms with Crippen LogP contribution in [-0.4, -0.2) is 37.1 Å². The first-order chi connectivity index (χ1) is 14.2. The lowest BCUT2D eigenvalue weighted by Crippen LogP contribution is -2.42. The van der Waals surface area contributed by atoms with Crippen LogP contribution in [-0.2, 0) is 6.61 Å². The van der Waals surface area contributed by atoms with Crippen LogP contribution in [0, 0.1) is 0 Å². The highest BCUT2D eigenvalue weighted by molar-refractivity contribution is 5.95. The fourth-order valence-corrected chi connectivity index (χ4v) is 3.28. The third-order valence-corrected chi connectivity index (χ3v) is 4.78. The van der Waals surface area contributed by atoms with Gasteiger partial charge in [0.05, 0.1) is 6.54 Å². The van der Waals surface area contributed by atoms with Crippen LogP contribution < -0.4 is 14.2 Å². The van der Waals surface area contributed by atoms with Gasteiger partial charge in [0.25, 0.3) is 5.91 Å². The second kappa shape index (κ2) is 8.69. The third kappa shape index (κ3) is 4.51. The van der Waals surface area contributed by atoms with Crippen molar-refractivity contribution in [2.24, 2.45) is 0 Å². The molecular weight excluding hydrogens is 366 g/mol. The van der Waals surface area contributed by atoms with Crippen LogP contribution >= 0.6 is 0 Å². The van der Waals surface area contributed by atoms with Crippen LogP contribution in [0.2, 0.25) is 0 Å². The summed E-state index contributed by atoms with van der Waals surface area (Å²) in [6, 6.07) is 24.7. The Kier molecular flexibility index (Phi) is 5.66. The van der Waals surface area contributed by atoms with E-state index >= 15 is 0 Å². The van der Waals surface area contributed by atoms with E-state index in [2.05, 4.69) is 0 Å². The lowest BCUT2D eigenvalue weighted by molar-refractivity contribution is 0.0519. The highest BCUT2D eigenvalue weighted by atomic mass is 16.6. The number of amides is 1. The van der Waals surface area contributed by atoms with E-state index in [4.69, 9.17) is 14.2 Å². The van der Waals surface area contributed by atoms with E-state index in [9.17, 15) is 4.79 Å². The van der Waals surface area contributed by atoms with Gasteiger partial charge in [0.2, 0.25) is 0 Å². The molecule has 1 unspecified atom stereocenters. The number of rotatable bonds is 6. The maximum absolute atomic E-state index is 13.1. The van der Waals surface area contributed by atoms with Gasteiger partial charge in [-0.1, -0.05) is 48.5 Å². The van der Waals surface area contributed by atoms with Gasteiger partial charge in [0, 0.05) is 18.2 Å². The van der Waals surface area contributed by atoms with Crippen LogP contribution in [0.15, 0.2) is 78.9 Å². The number of fused-ring (bicyclic) bond motifs is 1. The molecule has 1 heterocycles. The standard InChI is InChI=1S/C24H23NO4/c1-25(15-20-17-28-22-13-7-8-14-23(22)29-20)24(26)21-12-6-5-9-18(21)16-27-19-10-3-2-4-11-19/h2-14,20H,15-17H2,1H3. The predicted molar refractivity (Wildman–Crippen MR) is 111 cm³/mol. The SMILES string of the molecule is CN(CC1COc2ccccc2O1)C(=O)c1ccccc1COc1ccccc1. The van der Waals surface area contributed by atoms with Gasteiger partial charge in [0.15, 0.2) is 17.6 Å². The highest BCUT2D eigenvalue weighted by Crippen LogP contribution is 2.31. The summed E-state index contributed by atoms with van der Waals surface area (Å²) >= 11 is 0.